The van der Waals surface area contributed by atoms with Crippen molar-refractivity contribution in [1.82, 2.24) is 4.90 Å². The Balaban J connectivity index is 1.82. The summed E-state index contributed by atoms with van der Waals surface area (Å²) in [6.07, 6.45) is -0.612. The largest absolute Gasteiger partial charge is 0.455 e. The number of β-amino-alcohol motifs (C(OH)–C–C–N with tert-alkyl or cyclic N) is 1. The first-order valence-electron chi connectivity index (χ1n) is 8.32. The smallest absolute Gasteiger partial charge is 0.247 e. The number of carbonyl (C=O) groups excluding carboxylic acids is 2. The summed E-state index contributed by atoms with van der Waals surface area (Å²) >= 11 is 6.02. The normalized spacial score (nSPS) is 19.0. The van der Waals surface area contributed by atoms with Crippen LogP contribution in [0.2, 0.25) is 5.02 Å². The van der Waals surface area contributed by atoms with E-state index in [1.807, 2.05) is 0 Å². The Kier molecular flexibility index (Phi) is 5.62. The monoisotopic (exact) mass is 392 g/mol. The average Bonchev–Trinajstić information content (AvgIpc) is 3.00. The average molecular weight is 393 g/mol. The minimum absolute atomic E-state index is 0.107. The second kappa shape index (κ2) is 7.94. The Bertz CT molecular complexity index is 877. The predicted octanol–water partition coefficient (Wildman–Crippen LogP) is 3.19. The number of ether oxygens (including phenoxy) is 1. The fourth-order valence-corrected chi connectivity index (χ4v) is 3.14. The van der Waals surface area contributed by atoms with E-state index in [0.29, 0.717) is 5.02 Å². The number of amides is 2. The molecule has 1 aliphatic heterocycles. The number of nitrogens with one attached hydrogen (secondary N) is 1. The summed E-state index contributed by atoms with van der Waals surface area (Å²) in [4.78, 5) is 25.7. The van der Waals surface area contributed by atoms with Gasteiger partial charge in [-0.1, -0.05) is 17.7 Å². The van der Waals surface area contributed by atoms with E-state index in [9.17, 15) is 19.1 Å². The van der Waals surface area contributed by atoms with Crippen LogP contribution in [0.3, 0.4) is 0 Å². The molecule has 1 aliphatic rings. The molecule has 0 saturated carbocycles. The van der Waals surface area contributed by atoms with Gasteiger partial charge >= 0.3 is 0 Å². The van der Waals surface area contributed by atoms with E-state index in [1.165, 1.54) is 36.1 Å². The number of likely N-dealkylation sites (tertiary alicyclic amines) is 1. The van der Waals surface area contributed by atoms with Gasteiger partial charge in [-0.2, -0.15) is 0 Å². The van der Waals surface area contributed by atoms with Gasteiger partial charge in [0.25, 0.3) is 0 Å². The standard InChI is InChI=1S/C19H18ClFN2O4/c1-11(24)23-10-14(25)9-17(23)19(26)22-16-7-12(20)5-6-18(16)27-15-4-2-3-13(21)8-15/h2-8,14,17,25H,9-10H2,1H3,(H,22,26)/t14-,17-/m1/s1. The maximum Gasteiger partial charge on any atom is 0.247 e. The van der Waals surface area contributed by atoms with E-state index in [4.69, 9.17) is 16.3 Å². The first-order valence-corrected chi connectivity index (χ1v) is 8.70. The summed E-state index contributed by atoms with van der Waals surface area (Å²) in [6.45, 7) is 1.45. The van der Waals surface area contributed by atoms with Gasteiger partial charge in [0.15, 0.2) is 5.75 Å². The first-order chi connectivity index (χ1) is 12.8. The van der Waals surface area contributed by atoms with Gasteiger partial charge in [-0.25, -0.2) is 4.39 Å². The van der Waals surface area contributed by atoms with Crippen molar-refractivity contribution in [3.8, 4) is 11.5 Å². The lowest BCUT2D eigenvalue weighted by Crippen LogP contribution is -2.42. The van der Waals surface area contributed by atoms with E-state index in [-0.39, 0.29) is 36.1 Å². The highest BCUT2D eigenvalue weighted by Gasteiger charge is 2.37. The van der Waals surface area contributed by atoms with Gasteiger partial charge in [-0.05, 0) is 30.3 Å². The van der Waals surface area contributed by atoms with E-state index in [2.05, 4.69) is 5.32 Å². The zero-order valence-corrected chi connectivity index (χ0v) is 15.2. The van der Waals surface area contributed by atoms with Gasteiger partial charge in [0.05, 0.1) is 11.8 Å². The number of nitrogens with zero attached hydrogens (tertiary/aromatic N) is 1. The van der Waals surface area contributed by atoms with Crippen molar-refractivity contribution in [1.29, 1.82) is 0 Å². The molecule has 0 unspecified atom stereocenters. The van der Waals surface area contributed by atoms with E-state index in [0.717, 1.165) is 0 Å². The molecule has 2 N–H and O–H groups in total. The van der Waals surface area contributed by atoms with Crippen LogP contribution in [0.15, 0.2) is 42.5 Å². The van der Waals surface area contributed by atoms with Crippen LogP contribution in [0.1, 0.15) is 13.3 Å². The second-order valence-corrected chi connectivity index (χ2v) is 6.70. The van der Waals surface area contributed by atoms with Crippen molar-refractivity contribution >= 4 is 29.1 Å². The van der Waals surface area contributed by atoms with Crippen molar-refractivity contribution in [3.63, 3.8) is 0 Å². The van der Waals surface area contributed by atoms with E-state index < -0.39 is 23.9 Å². The number of anilines is 1. The van der Waals surface area contributed by atoms with Gasteiger partial charge in [0.1, 0.15) is 17.6 Å². The summed E-state index contributed by atoms with van der Waals surface area (Å²) in [5, 5.41) is 12.9. The van der Waals surface area contributed by atoms with Crippen LogP contribution < -0.4 is 10.1 Å². The van der Waals surface area contributed by atoms with Crippen LogP contribution >= 0.6 is 11.6 Å². The molecular formula is C19H18ClFN2O4. The zero-order chi connectivity index (χ0) is 19.6. The Labute approximate surface area is 160 Å². The van der Waals surface area contributed by atoms with Crippen LogP contribution in [-0.4, -0.2) is 40.5 Å². The molecule has 1 heterocycles. The summed E-state index contributed by atoms with van der Waals surface area (Å²) in [5.41, 5.74) is 0.279. The van der Waals surface area contributed by atoms with Gasteiger partial charge < -0.3 is 20.1 Å². The highest BCUT2D eigenvalue weighted by Crippen LogP contribution is 2.33. The fraction of sp³-hybridized carbons (Fsp3) is 0.263. The highest BCUT2D eigenvalue weighted by atomic mass is 35.5. The van der Waals surface area contributed by atoms with Crippen LogP contribution in [0, 0.1) is 5.82 Å². The van der Waals surface area contributed by atoms with Crippen LogP contribution in [-0.2, 0) is 9.59 Å². The molecule has 0 aliphatic carbocycles. The third-order valence-corrected chi connectivity index (χ3v) is 4.44. The topological polar surface area (TPSA) is 78.9 Å². The second-order valence-electron chi connectivity index (χ2n) is 6.27. The minimum atomic E-state index is -0.793. The van der Waals surface area contributed by atoms with Crippen LogP contribution in [0.25, 0.3) is 0 Å². The Morgan fingerprint density at radius 2 is 2.07 bits per heavy atom. The summed E-state index contributed by atoms with van der Waals surface area (Å²) in [6, 6.07) is 9.42. The molecule has 2 aromatic rings. The predicted molar refractivity (Wildman–Crippen MR) is 98.4 cm³/mol. The summed E-state index contributed by atoms with van der Waals surface area (Å²) < 4.78 is 19.0. The number of hydrogen-bond donors (Lipinski definition) is 2. The number of aliphatic hydroxyl groups excluding tert-OH is 1. The molecule has 0 spiro atoms. The maximum atomic E-state index is 13.4. The van der Waals surface area contributed by atoms with Crippen LogP contribution in [0.5, 0.6) is 11.5 Å². The molecule has 0 bridgehead atoms. The zero-order valence-electron chi connectivity index (χ0n) is 14.5. The molecule has 2 atom stereocenters. The van der Waals surface area contributed by atoms with Crippen molar-refractivity contribution < 1.29 is 23.8 Å². The molecule has 1 fully saturated rings. The lowest BCUT2D eigenvalue weighted by atomic mass is 10.1. The lowest BCUT2D eigenvalue weighted by molar-refractivity contribution is -0.134. The van der Waals surface area contributed by atoms with Crippen molar-refractivity contribution in [2.75, 3.05) is 11.9 Å². The summed E-state index contributed by atoms with van der Waals surface area (Å²) in [7, 11) is 0. The van der Waals surface area contributed by atoms with E-state index >= 15 is 0 Å². The molecule has 0 radical (unpaired) electrons. The molecular weight excluding hydrogens is 375 g/mol. The van der Waals surface area contributed by atoms with Crippen molar-refractivity contribution in [2.45, 2.75) is 25.5 Å². The quantitative estimate of drug-likeness (QED) is 0.837. The Hall–Kier alpha value is -2.64. The number of halogens is 2. The SMILES string of the molecule is CC(=O)N1C[C@H](O)C[C@@H]1C(=O)Nc1cc(Cl)ccc1Oc1cccc(F)c1. The molecule has 6 nitrogen and oxygen atoms in total. The number of carbonyl (C=O) groups is 2. The molecule has 27 heavy (non-hydrogen) atoms. The highest BCUT2D eigenvalue weighted by molar-refractivity contribution is 6.31. The Morgan fingerprint density at radius 1 is 1.30 bits per heavy atom. The number of benzene rings is 2. The molecule has 8 heteroatoms. The number of aliphatic hydroxyl groups is 1. The maximum absolute atomic E-state index is 13.4. The van der Waals surface area contributed by atoms with Crippen LogP contribution in [0.4, 0.5) is 10.1 Å². The molecule has 2 aromatic carbocycles. The van der Waals surface area contributed by atoms with E-state index in [1.54, 1.807) is 18.2 Å². The van der Waals surface area contributed by atoms with Gasteiger partial charge in [0, 0.05) is 31.0 Å². The molecule has 3 rings (SSSR count). The third kappa shape index (κ3) is 4.56. The number of rotatable bonds is 4. The number of hydrogen-bond acceptors (Lipinski definition) is 4. The molecule has 142 valence electrons. The third-order valence-electron chi connectivity index (χ3n) is 4.21. The molecule has 1 saturated heterocycles. The van der Waals surface area contributed by atoms with Gasteiger partial charge in [-0.15, -0.1) is 0 Å². The van der Waals surface area contributed by atoms with Gasteiger partial charge in [0.2, 0.25) is 11.8 Å². The van der Waals surface area contributed by atoms with Crippen molar-refractivity contribution in [3.05, 3.63) is 53.3 Å². The minimum Gasteiger partial charge on any atom is -0.455 e. The fourth-order valence-electron chi connectivity index (χ4n) is 2.97. The summed E-state index contributed by atoms with van der Waals surface area (Å²) in [5.74, 6) is -0.688. The van der Waals surface area contributed by atoms with Gasteiger partial charge in [-0.3, -0.25) is 9.59 Å². The Morgan fingerprint density at radius 3 is 2.78 bits per heavy atom. The van der Waals surface area contributed by atoms with Crippen molar-refractivity contribution in [2.24, 2.45) is 0 Å². The lowest BCUT2D eigenvalue weighted by Gasteiger charge is -2.22. The molecule has 2 amide bonds. The molecule has 0 aromatic heterocycles. The first kappa shape index (κ1) is 19.1.